The van der Waals surface area contributed by atoms with E-state index >= 15 is 0 Å². The zero-order valence-corrected chi connectivity index (χ0v) is 15.1. The molecule has 1 fully saturated rings. The molecule has 0 bridgehead atoms. The minimum absolute atomic E-state index is 0. The number of nitrogens with two attached hydrogens (primary N) is 1. The van der Waals surface area contributed by atoms with E-state index in [2.05, 4.69) is 15.5 Å². The highest BCUT2D eigenvalue weighted by Crippen LogP contribution is 2.29. The number of rotatable bonds is 5. The SMILES string of the molecule is COc1ccccc1-c1noc(C(C)NC(=O)C2(N)CCCC2)n1.Cl. The molecular formula is C17H23ClN4O3. The standard InChI is InChI=1S/C17H22N4O3.ClH/c1-11(19-16(22)17(18)9-5-6-10-17)15-20-14(21-24-15)12-7-3-4-8-13(12)23-2;/h3-4,7-8,11H,5-6,9-10,18H2,1-2H3,(H,19,22);1H. The fourth-order valence-electron chi connectivity index (χ4n) is 2.98. The van der Waals surface area contributed by atoms with E-state index in [1.54, 1.807) is 14.0 Å². The molecule has 0 aliphatic heterocycles. The Morgan fingerprint density at radius 3 is 2.72 bits per heavy atom. The van der Waals surface area contributed by atoms with E-state index in [0.29, 0.717) is 30.3 Å². The molecule has 7 nitrogen and oxygen atoms in total. The highest BCUT2D eigenvalue weighted by Gasteiger charge is 2.38. The van der Waals surface area contributed by atoms with Gasteiger partial charge >= 0.3 is 0 Å². The molecule has 1 heterocycles. The fourth-order valence-corrected chi connectivity index (χ4v) is 2.98. The van der Waals surface area contributed by atoms with Crippen LogP contribution in [0.25, 0.3) is 11.4 Å². The van der Waals surface area contributed by atoms with Crippen LogP contribution in [0.5, 0.6) is 5.75 Å². The molecule has 0 spiro atoms. The van der Waals surface area contributed by atoms with Crippen molar-refractivity contribution in [3.63, 3.8) is 0 Å². The Bertz CT molecular complexity index is 728. The number of hydrogen-bond acceptors (Lipinski definition) is 6. The Labute approximate surface area is 152 Å². The molecule has 1 saturated carbocycles. The third kappa shape index (κ3) is 3.93. The van der Waals surface area contributed by atoms with Gasteiger partial charge in [0.05, 0.1) is 18.2 Å². The van der Waals surface area contributed by atoms with Gasteiger partial charge in [0.15, 0.2) is 0 Å². The summed E-state index contributed by atoms with van der Waals surface area (Å²) in [6.45, 7) is 1.80. The minimum atomic E-state index is -0.778. The van der Waals surface area contributed by atoms with Gasteiger partial charge in [-0.25, -0.2) is 0 Å². The van der Waals surface area contributed by atoms with E-state index in [4.69, 9.17) is 15.0 Å². The summed E-state index contributed by atoms with van der Waals surface area (Å²) < 4.78 is 10.6. The van der Waals surface area contributed by atoms with Crippen LogP contribution in [0.15, 0.2) is 28.8 Å². The average Bonchev–Trinajstić information content (AvgIpc) is 3.24. The molecule has 0 radical (unpaired) electrons. The van der Waals surface area contributed by atoms with Gasteiger partial charge in [-0.2, -0.15) is 4.98 Å². The molecule has 3 rings (SSSR count). The number of para-hydroxylation sites is 1. The molecule has 1 aromatic heterocycles. The maximum absolute atomic E-state index is 12.4. The van der Waals surface area contributed by atoms with Crippen molar-refractivity contribution >= 4 is 18.3 Å². The molecule has 1 aromatic carbocycles. The molecule has 1 aliphatic rings. The molecule has 1 amide bonds. The van der Waals surface area contributed by atoms with Crippen molar-refractivity contribution < 1.29 is 14.1 Å². The van der Waals surface area contributed by atoms with Crippen molar-refractivity contribution in [1.82, 2.24) is 15.5 Å². The monoisotopic (exact) mass is 366 g/mol. The predicted molar refractivity (Wildman–Crippen MR) is 95.5 cm³/mol. The molecular weight excluding hydrogens is 344 g/mol. The molecule has 1 aliphatic carbocycles. The number of aromatic nitrogens is 2. The van der Waals surface area contributed by atoms with Crippen LogP contribution in [0.3, 0.4) is 0 Å². The number of nitrogens with one attached hydrogen (secondary N) is 1. The number of methoxy groups -OCH3 is 1. The van der Waals surface area contributed by atoms with Gasteiger partial charge in [-0.3, -0.25) is 4.79 Å². The second-order valence-electron chi connectivity index (χ2n) is 6.21. The molecule has 3 N–H and O–H groups in total. The van der Waals surface area contributed by atoms with E-state index in [1.165, 1.54) is 0 Å². The normalized spacial score (nSPS) is 16.8. The Kier molecular flexibility index (Phi) is 6.02. The van der Waals surface area contributed by atoms with Crippen molar-refractivity contribution in [1.29, 1.82) is 0 Å². The first kappa shape index (κ1) is 19.2. The van der Waals surface area contributed by atoms with E-state index in [9.17, 15) is 4.79 Å². The van der Waals surface area contributed by atoms with E-state index in [-0.39, 0.29) is 18.3 Å². The Hall–Kier alpha value is -2.12. The summed E-state index contributed by atoms with van der Waals surface area (Å²) in [6, 6.07) is 7.01. The maximum atomic E-state index is 12.4. The fraction of sp³-hybridized carbons (Fsp3) is 0.471. The molecule has 1 atom stereocenters. The second-order valence-corrected chi connectivity index (χ2v) is 6.21. The lowest BCUT2D eigenvalue weighted by Crippen LogP contribution is -2.52. The lowest BCUT2D eigenvalue weighted by Gasteiger charge is -2.23. The van der Waals surface area contributed by atoms with Gasteiger partial charge in [0.25, 0.3) is 0 Å². The van der Waals surface area contributed by atoms with Gasteiger partial charge in [-0.15, -0.1) is 12.4 Å². The number of carbonyl (C=O) groups excluding carboxylic acids is 1. The topological polar surface area (TPSA) is 103 Å². The Balaban J connectivity index is 0.00000225. The van der Waals surface area contributed by atoms with Gasteiger partial charge in [-0.05, 0) is 31.9 Å². The number of ether oxygens (including phenoxy) is 1. The first-order valence-corrected chi connectivity index (χ1v) is 8.10. The number of carbonyl (C=O) groups is 1. The average molecular weight is 367 g/mol. The van der Waals surface area contributed by atoms with Crippen molar-refractivity contribution in [3.8, 4) is 17.1 Å². The molecule has 2 aromatic rings. The van der Waals surface area contributed by atoms with E-state index in [1.807, 2.05) is 24.3 Å². The number of nitrogens with zero attached hydrogens (tertiary/aromatic N) is 2. The third-order valence-electron chi connectivity index (χ3n) is 4.46. The largest absolute Gasteiger partial charge is 0.496 e. The van der Waals surface area contributed by atoms with Crippen LogP contribution in [0.4, 0.5) is 0 Å². The molecule has 25 heavy (non-hydrogen) atoms. The summed E-state index contributed by atoms with van der Waals surface area (Å²) in [5.74, 6) is 1.26. The van der Waals surface area contributed by atoms with Crippen molar-refractivity contribution in [3.05, 3.63) is 30.2 Å². The van der Waals surface area contributed by atoms with Crippen LogP contribution in [0, 0.1) is 0 Å². The van der Waals surface area contributed by atoms with Gasteiger partial charge < -0.3 is 20.3 Å². The smallest absolute Gasteiger partial charge is 0.249 e. The lowest BCUT2D eigenvalue weighted by atomic mass is 9.98. The maximum Gasteiger partial charge on any atom is 0.249 e. The zero-order valence-electron chi connectivity index (χ0n) is 14.3. The highest BCUT2D eigenvalue weighted by atomic mass is 35.5. The van der Waals surface area contributed by atoms with Gasteiger partial charge in [0.1, 0.15) is 11.8 Å². The predicted octanol–water partition coefficient (Wildman–Crippen LogP) is 2.62. The van der Waals surface area contributed by atoms with Gasteiger partial charge in [-0.1, -0.05) is 30.1 Å². The summed E-state index contributed by atoms with van der Waals surface area (Å²) in [6.07, 6.45) is 3.39. The highest BCUT2D eigenvalue weighted by molar-refractivity contribution is 5.86. The quantitative estimate of drug-likeness (QED) is 0.843. The van der Waals surface area contributed by atoms with Crippen molar-refractivity contribution in [2.24, 2.45) is 5.73 Å². The zero-order chi connectivity index (χ0) is 17.2. The second kappa shape index (κ2) is 7.84. The van der Waals surface area contributed by atoms with Crippen LogP contribution in [-0.2, 0) is 4.79 Å². The van der Waals surface area contributed by atoms with E-state index < -0.39 is 11.6 Å². The summed E-state index contributed by atoms with van der Waals surface area (Å²) in [5, 5.41) is 6.87. The number of amides is 1. The molecule has 8 heteroatoms. The summed E-state index contributed by atoms with van der Waals surface area (Å²) in [7, 11) is 1.59. The number of hydrogen-bond donors (Lipinski definition) is 2. The molecule has 136 valence electrons. The van der Waals surface area contributed by atoms with Crippen LogP contribution < -0.4 is 15.8 Å². The lowest BCUT2D eigenvalue weighted by molar-refractivity contribution is -0.127. The van der Waals surface area contributed by atoms with Crippen molar-refractivity contribution in [2.45, 2.75) is 44.2 Å². The summed E-state index contributed by atoms with van der Waals surface area (Å²) in [5.41, 5.74) is 6.13. The van der Waals surface area contributed by atoms with Crippen LogP contribution in [0.1, 0.15) is 44.5 Å². The minimum Gasteiger partial charge on any atom is -0.496 e. The summed E-state index contributed by atoms with van der Waals surface area (Å²) >= 11 is 0. The summed E-state index contributed by atoms with van der Waals surface area (Å²) in [4.78, 5) is 16.8. The molecule has 1 unspecified atom stereocenters. The van der Waals surface area contributed by atoms with Crippen LogP contribution in [-0.4, -0.2) is 28.7 Å². The number of benzene rings is 1. The van der Waals surface area contributed by atoms with Gasteiger partial charge in [0, 0.05) is 0 Å². The first-order chi connectivity index (χ1) is 11.5. The van der Waals surface area contributed by atoms with E-state index in [0.717, 1.165) is 18.4 Å². The third-order valence-corrected chi connectivity index (χ3v) is 4.46. The van der Waals surface area contributed by atoms with Gasteiger partial charge in [0.2, 0.25) is 17.6 Å². The Morgan fingerprint density at radius 2 is 2.04 bits per heavy atom. The number of halogens is 1. The first-order valence-electron chi connectivity index (χ1n) is 8.10. The Morgan fingerprint density at radius 1 is 1.36 bits per heavy atom. The van der Waals surface area contributed by atoms with Crippen LogP contribution in [0.2, 0.25) is 0 Å². The van der Waals surface area contributed by atoms with Crippen molar-refractivity contribution in [2.75, 3.05) is 7.11 Å². The molecule has 0 saturated heterocycles. The van der Waals surface area contributed by atoms with Crippen LogP contribution >= 0.6 is 12.4 Å².